The summed E-state index contributed by atoms with van der Waals surface area (Å²) in [6.07, 6.45) is 1.79. The highest BCUT2D eigenvalue weighted by Gasteiger charge is 2.20. The van der Waals surface area contributed by atoms with Crippen molar-refractivity contribution in [3.05, 3.63) is 35.4 Å². The Hall–Kier alpha value is -0.960. The standard InChI is InChI=1S/C11H12F2O/c12-10-5-1-4-9(11(10)13)8-3-2-6-14-7-8/h1,4-5,8H,2-3,6-7H2. The maximum absolute atomic E-state index is 13.4. The van der Waals surface area contributed by atoms with Crippen molar-refractivity contribution in [3.8, 4) is 0 Å². The van der Waals surface area contributed by atoms with Gasteiger partial charge in [-0.2, -0.15) is 0 Å². The summed E-state index contributed by atoms with van der Waals surface area (Å²) >= 11 is 0. The zero-order valence-electron chi connectivity index (χ0n) is 7.80. The monoisotopic (exact) mass is 198 g/mol. The molecule has 0 amide bonds. The molecule has 0 aliphatic carbocycles. The van der Waals surface area contributed by atoms with Gasteiger partial charge in [-0.3, -0.25) is 0 Å². The first-order valence-corrected chi connectivity index (χ1v) is 4.80. The average Bonchev–Trinajstić information content (AvgIpc) is 2.23. The molecule has 1 unspecified atom stereocenters. The molecule has 0 aromatic heterocycles. The summed E-state index contributed by atoms with van der Waals surface area (Å²) in [7, 11) is 0. The number of ether oxygens (including phenoxy) is 1. The van der Waals surface area contributed by atoms with Gasteiger partial charge in [0.25, 0.3) is 0 Å². The van der Waals surface area contributed by atoms with E-state index in [9.17, 15) is 8.78 Å². The molecule has 1 aliphatic heterocycles. The van der Waals surface area contributed by atoms with E-state index in [1.165, 1.54) is 0 Å². The highest BCUT2D eigenvalue weighted by atomic mass is 19.2. The van der Waals surface area contributed by atoms with Gasteiger partial charge >= 0.3 is 0 Å². The number of rotatable bonds is 1. The zero-order chi connectivity index (χ0) is 9.97. The Morgan fingerprint density at radius 1 is 1.29 bits per heavy atom. The van der Waals surface area contributed by atoms with Crippen LogP contribution in [-0.4, -0.2) is 13.2 Å². The second kappa shape index (κ2) is 4.05. The third-order valence-corrected chi connectivity index (χ3v) is 2.58. The lowest BCUT2D eigenvalue weighted by atomic mass is 9.93. The van der Waals surface area contributed by atoms with E-state index in [0.29, 0.717) is 12.2 Å². The molecule has 1 fully saturated rings. The Kier molecular flexibility index (Phi) is 2.77. The van der Waals surface area contributed by atoms with Gasteiger partial charge in [-0.1, -0.05) is 12.1 Å². The van der Waals surface area contributed by atoms with E-state index in [1.807, 2.05) is 0 Å². The van der Waals surface area contributed by atoms with Gasteiger partial charge in [0.05, 0.1) is 6.61 Å². The molecule has 0 saturated carbocycles. The highest BCUT2D eigenvalue weighted by Crippen LogP contribution is 2.28. The van der Waals surface area contributed by atoms with Crippen molar-refractivity contribution in [2.24, 2.45) is 0 Å². The third-order valence-electron chi connectivity index (χ3n) is 2.58. The Labute approximate surface area is 81.7 Å². The number of hydrogen-bond donors (Lipinski definition) is 0. The minimum Gasteiger partial charge on any atom is -0.381 e. The van der Waals surface area contributed by atoms with Crippen LogP contribution in [-0.2, 0) is 4.74 Å². The number of hydrogen-bond acceptors (Lipinski definition) is 1. The van der Waals surface area contributed by atoms with Crippen molar-refractivity contribution < 1.29 is 13.5 Å². The minimum atomic E-state index is -0.770. The van der Waals surface area contributed by atoms with Crippen molar-refractivity contribution in [1.82, 2.24) is 0 Å². The first-order chi connectivity index (χ1) is 6.79. The van der Waals surface area contributed by atoms with Crippen LogP contribution < -0.4 is 0 Å². The lowest BCUT2D eigenvalue weighted by molar-refractivity contribution is 0.0792. The molecule has 76 valence electrons. The Morgan fingerprint density at radius 3 is 2.86 bits per heavy atom. The smallest absolute Gasteiger partial charge is 0.162 e. The summed E-state index contributed by atoms with van der Waals surface area (Å²) in [6.45, 7) is 1.23. The van der Waals surface area contributed by atoms with Crippen LogP contribution in [0, 0.1) is 11.6 Å². The largest absolute Gasteiger partial charge is 0.381 e. The SMILES string of the molecule is Fc1cccc(C2CCCOC2)c1F. The van der Waals surface area contributed by atoms with Crippen LogP contribution in [0.4, 0.5) is 8.78 Å². The molecular weight excluding hydrogens is 186 g/mol. The fourth-order valence-corrected chi connectivity index (χ4v) is 1.82. The molecule has 1 aromatic carbocycles. The van der Waals surface area contributed by atoms with Crippen LogP contribution in [0.15, 0.2) is 18.2 Å². The Bertz CT molecular complexity index is 319. The maximum atomic E-state index is 13.4. The van der Waals surface area contributed by atoms with Crippen LogP contribution in [0.25, 0.3) is 0 Å². The second-order valence-electron chi connectivity index (χ2n) is 3.56. The van der Waals surface area contributed by atoms with E-state index >= 15 is 0 Å². The molecule has 2 rings (SSSR count). The van der Waals surface area contributed by atoms with Gasteiger partial charge < -0.3 is 4.74 Å². The van der Waals surface area contributed by atoms with E-state index in [1.54, 1.807) is 12.1 Å². The second-order valence-corrected chi connectivity index (χ2v) is 3.56. The van der Waals surface area contributed by atoms with Crippen LogP contribution in [0.1, 0.15) is 24.3 Å². The summed E-state index contributed by atoms with van der Waals surface area (Å²) in [5.41, 5.74) is 0.449. The Balaban J connectivity index is 2.26. The molecule has 1 aliphatic rings. The van der Waals surface area contributed by atoms with E-state index < -0.39 is 11.6 Å². The van der Waals surface area contributed by atoms with Crippen molar-refractivity contribution in [3.63, 3.8) is 0 Å². The fourth-order valence-electron chi connectivity index (χ4n) is 1.82. The molecule has 1 atom stereocenters. The first-order valence-electron chi connectivity index (χ1n) is 4.80. The summed E-state index contributed by atoms with van der Waals surface area (Å²) in [5, 5.41) is 0. The average molecular weight is 198 g/mol. The summed E-state index contributed by atoms with van der Waals surface area (Å²) in [5.74, 6) is -1.48. The molecule has 1 saturated heterocycles. The molecular formula is C11H12F2O. The van der Waals surface area contributed by atoms with Crippen LogP contribution >= 0.6 is 0 Å². The van der Waals surface area contributed by atoms with Gasteiger partial charge in [0.1, 0.15) is 0 Å². The van der Waals surface area contributed by atoms with Crippen LogP contribution in [0.2, 0.25) is 0 Å². The van der Waals surface area contributed by atoms with E-state index in [0.717, 1.165) is 25.5 Å². The Morgan fingerprint density at radius 2 is 2.14 bits per heavy atom. The van der Waals surface area contributed by atoms with Crippen molar-refractivity contribution in [2.45, 2.75) is 18.8 Å². The van der Waals surface area contributed by atoms with E-state index in [4.69, 9.17) is 4.74 Å². The predicted octanol–water partition coefficient (Wildman–Crippen LogP) is 2.86. The van der Waals surface area contributed by atoms with Crippen LogP contribution in [0.5, 0.6) is 0 Å². The topological polar surface area (TPSA) is 9.23 Å². The molecule has 1 aromatic rings. The van der Waals surface area contributed by atoms with Crippen molar-refractivity contribution >= 4 is 0 Å². The van der Waals surface area contributed by atoms with E-state index in [2.05, 4.69) is 0 Å². The summed E-state index contributed by atoms with van der Waals surface area (Å²) < 4.78 is 31.5. The first kappa shape index (κ1) is 9.59. The molecule has 0 spiro atoms. The van der Waals surface area contributed by atoms with Gasteiger partial charge in [-0.15, -0.1) is 0 Å². The predicted molar refractivity (Wildman–Crippen MR) is 49.2 cm³/mol. The molecule has 14 heavy (non-hydrogen) atoms. The molecule has 1 heterocycles. The molecule has 0 radical (unpaired) electrons. The van der Waals surface area contributed by atoms with Gasteiger partial charge in [0, 0.05) is 12.5 Å². The number of halogens is 2. The maximum Gasteiger partial charge on any atom is 0.162 e. The van der Waals surface area contributed by atoms with Crippen molar-refractivity contribution in [2.75, 3.05) is 13.2 Å². The summed E-state index contributed by atoms with van der Waals surface area (Å²) in [6, 6.07) is 4.32. The zero-order valence-corrected chi connectivity index (χ0v) is 7.80. The molecule has 0 N–H and O–H groups in total. The normalized spacial score (nSPS) is 22.3. The fraction of sp³-hybridized carbons (Fsp3) is 0.455. The lowest BCUT2D eigenvalue weighted by Gasteiger charge is -2.22. The van der Waals surface area contributed by atoms with Gasteiger partial charge in [-0.25, -0.2) is 8.78 Å². The minimum absolute atomic E-state index is 0.0134. The number of benzene rings is 1. The van der Waals surface area contributed by atoms with Gasteiger partial charge in [0.2, 0.25) is 0 Å². The van der Waals surface area contributed by atoms with E-state index in [-0.39, 0.29) is 5.92 Å². The summed E-state index contributed by atoms with van der Waals surface area (Å²) in [4.78, 5) is 0. The van der Waals surface area contributed by atoms with Crippen molar-refractivity contribution in [1.29, 1.82) is 0 Å². The van der Waals surface area contributed by atoms with Gasteiger partial charge in [-0.05, 0) is 24.5 Å². The molecule has 3 heteroatoms. The van der Waals surface area contributed by atoms with Crippen LogP contribution in [0.3, 0.4) is 0 Å². The lowest BCUT2D eigenvalue weighted by Crippen LogP contribution is -2.16. The molecule has 0 bridgehead atoms. The quantitative estimate of drug-likeness (QED) is 0.674. The van der Waals surface area contributed by atoms with Gasteiger partial charge in [0.15, 0.2) is 11.6 Å². The third kappa shape index (κ3) is 1.77. The highest BCUT2D eigenvalue weighted by molar-refractivity contribution is 5.23. The molecule has 1 nitrogen and oxygen atoms in total.